The Morgan fingerprint density at radius 2 is 1.90 bits per heavy atom. The van der Waals surface area contributed by atoms with Crippen LogP contribution >= 0.6 is 11.3 Å². The molecule has 1 N–H and O–H groups in total. The van der Waals surface area contributed by atoms with Crippen molar-refractivity contribution >= 4 is 16.5 Å². The number of hydrogen-bond acceptors (Lipinski definition) is 6. The Bertz CT molecular complexity index is 418. The van der Waals surface area contributed by atoms with Gasteiger partial charge in [0.2, 0.25) is 0 Å². The minimum Gasteiger partial charge on any atom is -0.377 e. The van der Waals surface area contributed by atoms with Crippen LogP contribution in [0.15, 0.2) is 6.20 Å². The smallest absolute Gasteiger partial charge is 0.185 e. The van der Waals surface area contributed by atoms with Gasteiger partial charge in [0.15, 0.2) is 5.13 Å². The number of hydrogen-bond donors (Lipinski definition) is 1. The Kier molecular flexibility index (Phi) is 5.01. The second-order valence-corrected chi connectivity index (χ2v) is 7.26. The highest BCUT2D eigenvalue weighted by Crippen LogP contribution is 2.28. The third-order valence-corrected chi connectivity index (χ3v) is 4.48. The number of methoxy groups -OCH3 is 2. The standard InChI is InChI=1S/C14H25N3O2S/c1-14(2,3)16-7-10-6-15-13(20-10)17-8-11(18-4)12(9-17)19-5/h6,11-12,16H,7-9H2,1-5H3. The van der Waals surface area contributed by atoms with Crippen LogP contribution in [0.25, 0.3) is 0 Å². The van der Waals surface area contributed by atoms with Crippen molar-refractivity contribution in [1.82, 2.24) is 10.3 Å². The van der Waals surface area contributed by atoms with E-state index in [1.807, 2.05) is 6.20 Å². The zero-order chi connectivity index (χ0) is 14.8. The van der Waals surface area contributed by atoms with Gasteiger partial charge in [-0.15, -0.1) is 11.3 Å². The number of ether oxygens (including phenoxy) is 2. The molecule has 2 unspecified atom stereocenters. The first-order valence-electron chi connectivity index (χ1n) is 6.93. The summed E-state index contributed by atoms with van der Waals surface area (Å²) in [7, 11) is 3.47. The largest absolute Gasteiger partial charge is 0.377 e. The van der Waals surface area contributed by atoms with Gasteiger partial charge in [-0.1, -0.05) is 0 Å². The highest BCUT2D eigenvalue weighted by Gasteiger charge is 2.34. The van der Waals surface area contributed by atoms with Crippen LogP contribution in [0.5, 0.6) is 0 Å². The minimum absolute atomic E-state index is 0.125. The normalized spacial score (nSPS) is 23.6. The van der Waals surface area contributed by atoms with E-state index in [1.54, 1.807) is 25.6 Å². The molecule has 0 amide bonds. The Balaban J connectivity index is 1.96. The molecule has 114 valence electrons. The number of nitrogens with one attached hydrogen (secondary N) is 1. The van der Waals surface area contributed by atoms with E-state index in [0.29, 0.717) is 0 Å². The molecule has 0 aromatic carbocycles. The maximum Gasteiger partial charge on any atom is 0.185 e. The summed E-state index contributed by atoms with van der Waals surface area (Å²) < 4.78 is 10.9. The van der Waals surface area contributed by atoms with Crippen molar-refractivity contribution in [2.24, 2.45) is 0 Å². The average molecular weight is 299 g/mol. The average Bonchev–Trinajstić information content (AvgIpc) is 3.01. The van der Waals surface area contributed by atoms with Crippen LogP contribution in [0.2, 0.25) is 0 Å². The minimum atomic E-state index is 0.125. The summed E-state index contributed by atoms with van der Waals surface area (Å²) in [5, 5.41) is 4.54. The lowest BCUT2D eigenvalue weighted by molar-refractivity contribution is -0.00461. The van der Waals surface area contributed by atoms with E-state index in [4.69, 9.17) is 9.47 Å². The SMILES string of the molecule is COC1CN(c2ncc(CNC(C)(C)C)s2)CC1OC. The van der Waals surface area contributed by atoms with Crippen molar-refractivity contribution in [3.63, 3.8) is 0 Å². The van der Waals surface area contributed by atoms with E-state index in [9.17, 15) is 0 Å². The van der Waals surface area contributed by atoms with Crippen molar-refractivity contribution in [3.8, 4) is 0 Å². The van der Waals surface area contributed by atoms with Gasteiger partial charge >= 0.3 is 0 Å². The van der Waals surface area contributed by atoms with Crippen LogP contribution in [-0.2, 0) is 16.0 Å². The molecule has 1 aliphatic rings. The molecule has 0 bridgehead atoms. The second-order valence-electron chi connectivity index (χ2n) is 6.17. The number of thiazole rings is 1. The summed E-state index contributed by atoms with van der Waals surface area (Å²) in [4.78, 5) is 8.03. The van der Waals surface area contributed by atoms with Crippen molar-refractivity contribution in [2.75, 3.05) is 32.2 Å². The van der Waals surface area contributed by atoms with Gasteiger partial charge in [0, 0.05) is 50.5 Å². The van der Waals surface area contributed by atoms with E-state index in [-0.39, 0.29) is 17.7 Å². The molecular weight excluding hydrogens is 274 g/mol. The molecule has 5 nitrogen and oxygen atoms in total. The predicted octanol–water partition coefficient (Wildman–Crippen LogP) is 1.88. The summed E-state index contributed by atoms with van der Waals surface area (Å²) >= 11 is 1.74. The molecule has 1 aromatic rings. The summed E-state index contributed by atoms with van der Waals surface area (Å²) in [6, 6.07) is 0. The zero-order valence-electron chi connectivity index (χ0n) is 13.0. The quantitative estimate of drug-likeness (QED) is 0.899. The topological polar surface area (TPSA) is 46.6 Å². The fourth-order valence-corrected chi connectivity index (χ4v) is 3.10. The lowest BCUT2D eigenvalue weighted by atomic mass is 10.1. The zero-order valence-corrected chi connectivity index (χ0v) is 13.8. The fraction of sp³-hybridized carbons (Fsp3) is 0.786. The lowest BCUT2D eigenvalue weighted by Gasteiger charge is -2.19. The Hall–Kier alpha value is -0.690. The fourth-order valence-electron chi connectivity index (χ4n) is 2.23. The maximum atomic E-state index is 5.46. The van der Waals surface area contributed by atoms with Crippen LogP contribution in [0.1, 0.15) is 25.6 Å². The van der Waals surface area contributed by atoms with E-state index in [2.05, 4.69) is 36.0 Å². The Morgan fingerprint density at radius 1 is 1.30 bits per heavy atom. The van der Waals surface area contributed by atoms with Crippen LogP contribution in [0.4, 0.5) is 5.13 Å². The van der Waals surface area contributed by atoms with Crippen LogP contribution in [-0.4, -0.2) is 50.0 Å². The predicted molar refractivity (Wildman–Crippen MR) is 82.5 cm³/mol. The number of anilines is 1. The molecule has 0 radical (unpaired) electrons. The Labute approximate surface area is 125 Å². The molecule has 20 heavy (non-hydrogen) atoms. The first-order chi connectivity index (χ1) is 9.43. The van der Waals surface area contributed by atoms with Crippen molar-refractivity contribution < 1.29 is 9.47 Å². The Morgan fingerprint density at radius 3 is 2.40 bits per heavy atom. The molecule has 0 saturated carbocycles. The monoisotopic (exact) mass is 299 g/mol. The van der Waals surface area contributed by atoms with Gasteiger partial charge in [-0.05, 0) is 20.8 Å². The van der Waals surface area contributed by atoms with Crippen LogP contribution in [0, 0.1) is 0 Å². The lowest BCUT2D eigenvalue weighted by Crippen LogP contribution is -2.34. The van der Waals surface area contributed by atoms with Gasteiger partial charge < -0.3 is 19.7 Å². The second kappa shape index (κ2) is 6.39. The van der Waals surface area contributed by atoms with Gasteiger partial charge in [-0.2, -0.15) is 0 Å². The highest BCUT2D eigenvalue weighted by molar-refractivity contribution is 7.15. The molecule has 2 rings (SSSR count). The van der Waals surface area contributed by atoms with E-state index in [0.717, 1.165) is 24.8 Å². The molecule has 1 saturated heterocycles. The molecule has 0 aliphatic carbocycles. The molecule has 2 heterocycles. The third kappa shape index (κ3) is 3.91. The maximum absolute atomic E-state index is 5.46. The summed E-state index contributed by atoms with van der Waals surface area (Å²) in [5.74, 6) is 0. The van der Waals surface area contributed by atoms with Gasteiger partial charge in [-0.3, -0.25) is 0 Å². The summed E-state index contributed by atoms with van der Waals surface area (Å²) in [6.45, 7) is 9.05. The number of rotatable bonds is 5. The van der Waals surface area contributed by atoms with Gasteiger partial charge in [0.1, 0.15) is 12.2 Å². The van der Waals surface area contributed by atoms with Gasteiger partial charge in [0.05, 0.1) is 0 Å². The molecule has 1 aliphatic heterocycles. The first-order valence-corrected chi connectivity index (χ1v) is 7.75. The number of nitrogens with zero attached hydrogens (tertiary/aromatic N) is 2. The molecule has 1 aromatic heterocycles. The third-order valence-electron chi connectivity index (χ3n) is 3.43. The molecule has 0 spiro atoms. The van der Waals surface area contributed by atoms with E-state index >= 15 is 0 Å². The molecule has 6 heteroatoms. The first kappa shape index (κ1) is 15.7. The van der Waals surface area contributed by atoms with Crippen LogP contribution < -0.4 is 10.2 Å². The summed E-state index contributed by atoms with van der Waals surface area (Å²) in [6.07, 6.45) is 2.21. The van der Waals surface area contributed by atoms with Crippen molar-refractivity contribution in [2.45, 2.75) is 45.1 Å². The van der Waals surface area contributed by atoms with Gasteiger partial charge in [0.25, 0.3) is 0 Å². The van der Waals surface area contributed by atoms with Gasteiger partial charge in [-0.25, -0.2) is 4.98 Å². The van der Waals surface area contributed by atoms with Crippen molar-refractivity contribution in [1.29, 1.82) is 0 Å². The molecule has 2 atom stereocenters. The van der Waals surface area contributed by atoms with E-state index in [1.165, 1.54) is 4.88 Å². The highest BCUT2D eigenvalue weighted by atomic mass is 32.1. The number of aromatic nitrogens is 1. The molecule has 1 fully saturated rings. The van der Waals surface area contributed by atoms with E-state index < -0.39 is 0 Å². The van der Waals surface area contributed by atoms with Crippen molar-refractivity contribution in [3.05, 3.63) is 11.1 Å². The van der Waals surface area contributed by atoms with Crippen LogP contribution in [0.3, 0.4) is 0 Å². The molecular formula is C14H25N3O2S. The summed E-state index contributed by atoms with van der Waals surface area (Å²) in [5.41, 5.74) is 0.125.